The summed E-state index contributed by atoms with van der Waals surface area (Å²) in [5.74, 6) is 0.899. The molecule has 6 nitrogen and oxygen atoms in total. The monoisotopic (exact) mass is 538 g/mol. The van der Waals surface area contributed by atoms with Crippen molar-refractivity contribution in [2.24, 2.45) is 4.99 Å². The van der Waals surface area contributed by atoms with Crippen LogP contribution in [0.3, 0.4) is 0 Å². The van der Waals surface area contributed by atoms with Gasteiger partial charge in [-0.05, 0) is 60.2 Å². The number of aliphatic hydroxyl groups excluding tert-OH is 1. The molecule has 3 aromatic rings. The third-order valence-corrected chi connectivity index (χ3v) is 7.02. The molecular formula is C29H28Cl2N2O4. The van der Waals surface area contributed by atoms with E-state index in [1.165, 1.54) is 0 Å². The van der Waals surface area contributed by atoms with E-state index in [-0.39, 0.29) is 17.3 Å². The Bertz CT molecular complexity index is 1340. The van der Waals surface area contributed by atoms with Crippen LogP contribution in [-0.4, -0.2) is 37.5 Å². The first-order valence-corrected chi connectivity index (χ1v) is 12.6. The number of ether oxygens (including phenoxy) is 2. The van der Waals surface area contributed by atoms with Gasteiger partial charge in [-0.3, -0.25) is 9.79 Å². The molecule has 0 radical (unpaired) electrons. The first-order valence-electron chi connectivity index (χ1n) is 11.9. The van der Waals surface area contributed by atoms with Gasteiger partial charge in [-0.1, -0.05) is 59.6 Å². The van der Waals surface area contributed by atoms with Crippen LogP contribution in [0.2, 0.25) is 10.0 Å². The molecule has 1 aliphatic carbocycles. The number of allylic oxidation sites excluding steroid dienone is 1. The summed E-state index contributed by atoms with van der Waals surface area (Å²) in [6.07, 6.45) is 1.51. The van der Waals surface area contributed by atoms with Crippen molar-refractivity contribution in [2.75, 3.05) is 26.1 Å². The lowest BCUT2D eigenvalue weighted by Gasteiger charge is -2.26. The standard InChI is InChI=1S/C29H28Cl2N2O4/c1-36-26-11-8-18(14-27(26)37-2)12-13-32-24-15-20(19-6-4-3-5-7-19)16-25(34)28(24)29(35)33-21-9-10-22(30)23(31)17-21/h3-11,14,17,20,34H,12-13,15-16H2,1-2H3,(H,33,35). The number of nitrogens with one attached hydrogen (secondary N) is 1. The van der Waals surface area contributed by atoms with Gasteiger partial charge in [0.25, 0.3) is 5.91 Å². The van der Waals surface area contributed by atoms with E-state index in [2.05, 4.69) is 5.32 Å². The Labute approximate surface area is 226 Å². The molecule has 0 saturated heterocycles. The molecule has 0 aliphatic heterocycles. The van der Waals surface area contributed by atoms with Gasteiger partial charge < -0.3 is 19.9 Å². The molecule has 3 aromatic carbocycles. The Balaban J connectivity index is 1.60. The zero-order chi connectivity index (χ0) is 26.4. The summed E-state index contributed by atoms with van der Waals surface area (Å²) >= 11 is 12.1. The minimum absolute atomic E-state index is 0.0162. The van der Waals surface area contributed by atoms with Crippen molar-refractivity contribution >= 4 is 40.5 Å². The van der Waals surface area contributed by atoms with Crippen LogP contribution in [0.1, 0.15) is 29.9 Å². The van der Waals surface area contributed by atoms with Gasteiger partial charge in [-0.15, -0.1) is 0 Å². The summed E-state index contributed by atoms with van der Waals surface area (Å²) < 4.78 is 10.7. The molecule has 0 saturated carbocycles. The van der Waals surface area contributed by atoms with Crippen LogP contribution in [-0.2, 0) is 11.2 Å². The highest BCUT2D eigenvalue weighted by Crippen LogP contribution is 2.35. The van der Waals surface area contributed by atoms with Crippen LogP contribution in [0, 0.1) is 0 Å². The Morgan fingerprint density at radius 2 is 1.73 bits per heavy atom. The van der Waals surface area contributed by atoms with E-state index in [0.717, 1.165) is 11.1 Å². The van der Waals surface area contributed by atoms with Gasteiger partial charge in [0, 0.05) is 18.7 Å². The molecule has 0 heterocycles. The van der Waals surface area contributed by atoms with E-state index in [4.69, 9.17) is 37.7 Å². The van der Waals surface area contributed by atoms with Crippen molar-refractivity contribution in [3.63, 3.8) is 0 Å². The molecule has 8 heteroatoms. The number of halogens is 2. The van der Waals surface area contributed by atoms with Gasteiger partial charge >= 0.3 is 0 Å². The fourth-order valence-corrected chi connectivity index (χ4v) is 4.70. The van der Waals surface area contributed by atoms with Crippen molar-refractivity contribution in [1.82, 2.24) is 0 Å². The minimum atomic E-state index is -0.438. The Morgan fingerprint density at radius 3 is 2.43 bits per heavy atom. The predicted octanol–water partition coefficient (Wildman–Crippen LogP) is 7.02. The molecule has 192 valence electrons. The van der Waals surface area contributed by atoms with Crippen LogP contribution in [0.5, 0.6) is 11.5 Å². The molecule has 1 unspecified atom stereocenters. The van der Waals surface area contributed by atoms with Gasteiger partial charge in [-0.25, -0.2) is 0 Å². The van der Waals surface area contributed by atoms with Crippen LogP contribution >= 0.6 is 23.2 Å². The summed E-state index contributed by atoms with van der Waals surface area (Å²) in [5, 5.41) is 14.6. The fraction of sp³-hybridized carbons (Fsp3) is 0.241. The predicted molar refractivity (Wildman–Crippen MR) is 149 cm³/mol. The molecule has 0 fully saturated rings. The second-order valence-electron chi connectivity index (χ2n) is 8.69. The van der Waals surface area contributed by atoms with Crippen LogP contribution in [0.25, 0.3) is 0 Å². The second-order valence-corrected chi connectivity index (χ2v) is 9.50. The van der Waals surface area contributed by atoms with Crippen molar-refractivity contribution in [1.29, 1.82) is 0 Å². The topological polar surface area (TPSA) is 80.2 Å². The highest BCUT2D eigenvalue weighted by molar-refractivity contribution is 6.42. The SMILES string of the molecule is COc1ccc(CCN=C2CC(c3ccccc3)CC(O)=C2C(=O)Nc2ccc(Cl)c(Cl)c2)cc1OC. The average molecular weight is 539 g/mol. The number of rotatable bonds is 8. The third kappa shape index (κ3) is 6.45. The molecule has 0 aromatic heterocycles. The Kier molecular flexibility index (Phi) is 8.74. The Morgan fingerprint density at radius 1 is 0.973 bits per heavy atom. The summed E-state index contributed by atoms with van der Waals surface area (Å²) in [6.45, 7) is 0.434. The number of hydrogen-bond donors (Lipinski definition) is 2. The number of nitrogens with zero attached hydrogens (tertiary/aromatic N) is 1. The van der Waals surface area contributed by atoms with Crippen molar-refractivity contribution in [2.45, 2.75) is 25.2 Å². The van der Waals surface area contributed by atoms with Crippen molar-refractivity contribution in [3.8, 4) is 11.5 Å². The zero-order valence-electron chi connectivity index (χ0n) is 20.6. The third-order valence-electron chi connectivity index (χ3n) is 6.28. The smallest absolute Gasteiger partial charge is 0.260 e. The van der Waals surface area contributed by atoms with Gasteiger partial charge in [0.2, 0.25) is 0 Å². The van der Waals surface area contributed by atoms with Crippen LogP contribution < -0.4 is 14.8 Å². The summed E-state index contributed by atoms with van der Waals surface area (Å²) in [5.41, 5.74) is 3.36. The number of aliphatic imine (C=N–C) groups is 1. The zero-order valence-corrected chi connectivity index (χ0v) is 22.1. The van der Waals surface area contributed by atoms with Gasteiger partial charge in [-0.2, -0.15) is 0 Å². The molecule has 2 N–H and O–H groups in total. The number of amides is 1. The summed E-state index contributed by atoms with van der Waals surface area (Å²) in [6, 6.07) is 20.5. The number of carbonyl (C=O) groups is 1. The molecule has 1 amide bonds. The van der Waals surface area contributed by atoms with E-state index < -0.39 is 5.91 Å². The Hall–Kier alpha value is -3.48. The molecule has 4 rings (SSSR count). The van der Waals surface area contributed by atoms with E-state index in [0.29, 0.717) is 58.8 Å². The normalized spacial score (nSPS) is 16.5. The molecule has 0 bridgehead atoms. The number of benzene rings is 3. The number of hydrogen-bond acceptors (Lipinski definition) is 5. The minimum Gasteiger partial charge on any atom is -0.511 e. The lowest BCUT2D eigenvalue weighted by atomic mass is 9.82. The number of methoxy groups -OCH3 is 2. The molecule has 37 heavy (non-hydrogen) atoms. The number of anilines is 1. The van der Waals surface area contributed by atoms with E-state index in [1.54, 1.807) is 32.4 Å². The highest BCUT2D eigenvalue weighted by atomic mass is 35.5. The first kappa shape index (κ1) is 26.6. The largest absolute Gasteiger partial charge is 0.511 e. The first-order chi connectivity index (χ1) is 17.9. The van der Waals surface area contributed by atoms with E-state index in [9.17, 15) is 9.90 Å². The summed E-state index contributed by atoms with van der Waals surface area (Å²) in [7, 11) is 3.19. The maximum Gasteiger partial charge on any atom is 0.260 e. The van der Waals surface area contributed by atoms with Crippen molar-refractivity contribution in [3.05, 3.63) is 99.2 Å². The van der Waals surface area contributed by atoms with Crippen molar-refractivity contribution < 1.29 is 19.4 Å². The quantitative estimate of drug-likeness (QED) is 0.322. The lowest BCUT2D eigenvalue weighted by Crippen LogP contribution is -2.28. The van der Waals surface area contributed by atoms with E-state index >= 15 is 0 Å². The number of carbonyl (C=O) groups excluding carboxylic acids is 1. The maximum absolute atomic E-state index is 13.3. The molecule has 1 atom stereocenters. The maximum atomic E-state index is 13.3. The number of aliphatic hydroxyl groups is 1. The van der Waals surface area contributed by atoms with Gasteiger partial charge in [0.15, 0.2) is 11.5 Å². The lowest BCUT2D eigenvalue weighted by molar-refractivity contribution is -0.112. The second kappa shape index (κ2) is 12.2. The van der Waals surface area contributed by atoms with E-state index in [1.807, 2.05) is 48.5 Å². The van der Waals surface area contributed by atoms with Crippen LogP contribution in [0.15, 0.2) is 83.1 Å². The van der Waals surface area contributed by atoms with Gasteiger partial charge in [0.05, 0.1) is 35.5 Å². The highest BCUT2D eigenvalue weighted by Gasteiger charge is 2.31. The molecular weight excluding hydrogens is 511 g/mol. The van der Waals surface area contributed by atoms with Gasteiger partial charge in [0.1, 0.15) is 5.76 Å². The fourth-order valence-electron chi connectivity index (χ4n) is 4.40. The molecule has 1 aliphatic rings. The molecule has 0 spiro atoms. The van der Waals surface area contributed by atoms with Crippen LogP contribution in [0.4, 0.5) is 5.69 Å². The summed E-state index contributed by atoms with van der Waals surface area (Å²) in [4.78, 5) is 18.1. The average Bonchev–Trinajstić information content (AvgIpc) is 2.90.